The zero-order valence-corrected chi connectivity index (χ0v) is 12.2. The number of aliphatic hydroxyl groups excluding tert-OH is 1. The molecule has 0 heterocycles. The smallest absolute Gasteiger partial charge is 0.251 e. The number of hydrogen-bond donors (Lipinski definition) is 2. The molecule has 110 valence electrons. The summed E-state index contributed by atoms with van der Waals surface area (Å²) in [6.07, 6.45) is -0.554. The zero-order valence-electron chi connectivity index (χ0n) is 12.2. The van der Waals surface area contributed by atoms with Crippen molar-refractivity contribution in [2.75, 3.05) is 13.7 Å². The summed E-state index contributed by atoms with van der Waals surface area (Å²) in [5.74, 6) is 0.603. The maximum absolute atomic E-state index is 11.9. The van der Waals surface area contributed by atoms with E-state index in [-0.39, 0.29) is 12.5 Å². The maximum Gasteiger partial charge on any atom is 0.251 e. The van der Waals surface area contributed by atoms with Crippen LogP contribution in [0.1, 0.15) is 17.3 Å². The molecule has 0 aliphatic rings. The van der Waals surface area contributed by atoms with Crippen LogP contribution < -0.4 is 10.1 Å². The van der Waals surface area contributed by atoms with Crippen molar-refractivity contribution < 1.29 is 14.6 Å². The van der Waals surface area contributed by atoms with Gasteiger partial charge in [0.25, 0.3) is 5.91 Å². The number of methoxy groups -OCH3 is 1. The third-order valence-corrected chi connectivity index (χ3v) is 3.12. The molecular formula is C17H19NO3. The molecule has 2 rings (SSSR count). The van der Waals surface area contributed by atoms with E-state index in [9.17, 15) is 9.90 Å². The SMILES string of the molecule is COc1ccccc1-c1ccc(C(=O)NC[C@@H](C)O)cc1. The van der Waals surface area contributed by atoms with Gasteiger partial charge in [-0.05, 0) is 30.7 Å². The first-order valence-electron chi connectivity index (χ1n) is 6.81. The second-order valence-electron chi connectivity index (χ2n) is 4.84. The Morgan fingerprint density at radius 1 is 1.19 bits per heavy atom. The van der Waals surface area contributed by atoms with Crippen molar-refractivity contribution in [2.24, 2.45) is 0 Å². The fraction of sp³-hybridized carbons (Fsp3) is 0.235. The van der Waals surface area contributed by atoms with Gasteiger partial charge < -0.3 is 15.2 Å². The average molecular weight is 285 g/mol. The standard InChI is InChI=1S/C17H19NO3/c1-12(19)11-18-17(20)14-9-7-13(8-10-14)15-5-3-4-6-16(15)21-2/h3-10,12,19H,11H2,1-2H3,(H,18,20)/t12-/m1/s1. The van der Waals surface area contributed by atoms with Gasteiger partial charge in [0.1, 0.15) is 5.75 Å². The van der Waals surface area contributed by atoms with Gasteiger partial charge in [-0.2, -0.15) is 0 Å². The molecule has 1 amide bonds. The summed E-state index contributed by atoms with van der Waals surface area (Å²) in [7, 11) is 1.64. The highest BCUT2D eigenvalue weighted by molar-refractivity contribution is 5.94. The number of benzene rings is 2. The van der Waals surface area contributed by atoms with Crippen molar-refractivity contribution in [3.63, 3.8) is 0 Å². The molecule has 0 bridgehead atoms. The molecule has 4 heteroatoms. The van der Waals surface area contributed by atoms with Crippen LogP contribution in [0.3, 0.4) is 0 Å². The van der Waals surface area contributed by atoms with E-state index in [0.717, 1.165) is 16.9 Å². The van der Waals surface area contributed by atoms with Crippen molar-refractivity contribution >= 4 is 5.91 Å². The van der Waals surface area contributed by atoms with Crippen LogP contribution in [0.15, 0.2) is 48.5 Å². The van der Waals surface area contributed by atoms with Crippen molar-refractivity contribution in [2.45, 2.75) is 13.0 Å². The summed E-state index contributed by atoms with van der Waals surface area (Å²) < 4.78 is 5.34. The average Bonchev–Trinajstić information content (AvgIpc) is 2.52. The fourth-order valence-corrected chi connectivity index (χ4v) is 2.03. The molecule has 2 aromatic carbocycles. The Labute approximate surface area is 124 Å². The normalized spacial score (nSPS) is 11.8. The monoisotopic (exact) mass is 285 g/mol. The van der Waals surface area contributed by atoms with Gasteiger partial charge in [0.05, 0.1) is 13.2 Å². The Morgan fingerprint density at radius 2 is 1.86 bits per heavy atom. The summed E-state index contributed by atoms with van der Waals surface area (Å²) in [5, 5.41) is 11.8. The molecule has 1 atom stereocenters. The second-order valence-corrected chi connectivity index (χ2v) is 4.84. The Morgan fingerprint density at radius 3 is 2.48 bits per heavy atom. The number of para-hydroxylation sites is 1. The molecule has 0 aliphatic heterocycles. The molecule has 2 N–H and O–H groups in total. The highest BCUT2D eigenvalue weighted by Gasteiger charge is 2.08. The first kappa shape index (κ1) is 15.1. The lowest BCUT2D eigenvalue weighted by molar-refractivity contribution is 0.0924. The van der Waals surface area contributed by atoms with Gasteiger partial charge in [0, 0.05) is 17.7 Å². The van der Waals surface area contributed by atoms with Crippen LogP contribution in [0.2, 0.25) is 0 Å². The van der Waals surface area contributed by atoms with Crippen molar-refractivity contribution in [1.82, 2.24) is 5.32 Å². The fourth-order valence-electron chi connectivity index (χ4n) is 2.03. The summed E-state index contributed by atoms with van der Waals surface area (Å²) in [6.45, 7) is 1.87. The van der Waals surface area contributed by atoms with Crippen LogP contribution in [0.4, 0.5) is 0 Å². The number of amides is 1. The number of hydrogen-bond acceptors (Lipinski definition) is 3. The minimum Gasteiger partial charge on any atom is -0.496 e. The Kier molecular flexibility index (Phi) is 4.95. The van der Waals surface area contributed by atoms with E-state index < -0.39 is 6.10 Å². The molecule has 0 aliphatic carbocycles. The summed E-state index contributed by atoms with van der Waals surface area (Å²) >= 11 is 0. The number of carbonyl (C=O) groups is 1. The summed E-state index contributed by atoms with van der Waals surface area (Å²) in [5.41, 5.74) is 2.53. The Hall–Kier alpha value is -2.33. The molecule has 21 heavy (non-hydrogen) atoms. The number of nitrogens with one attached hydrogen (secondary N) is 1. The van der Waals surface area contributed by atoms with Crippen LogP contribution in [0.25, 0.3) is 11.1 Å². The van der Waals surface area contributed by atoms with Crippen LogP contribution in [0.5, 0.6) is 5.75 Å². The van der Waals surface area contributed by atoms with Gasteiger partial charge >= 0.3 is 0 Å². The Balaban J connectivity index is 2.17. The molecule has 0 spiro atoms. The van der Waals surface area contributed by atoms with Crippen LogP contribution >= 0.6 is 0 Å². The van der Waals surface area contributed by atoms with Gasteiger partial charge in [0.15, 0.2) is 0 Å². The van der Waals surface area contributed by atoms with E-state index in [1.165, 1.54) is 0 Å². The number of rotatable bonds is 5. The molecule has 0 unspecified atom stereocenters. The molecule has 0 saturated carbocycles. The van der Waals surface area contributed by atoms with E-state index in [1.54, 1.807) is 26.2 Å². The third kappa shape index (κ3) is 3.83. The number of aliphatic hydroxyl groups is 1. The minimum atomic E-state index is -0.554. The predicted octanol–water partition coefficient (Wildman–Crippen LogP) is 2.47. The van der Waals surface area contributed by atoms with Gasteiger partial charge in [-0.3, -0.25) is 4.79 Å². The van der Waals surface area contributed by atoms with Crippen molar-refractivity contribution in [3.8, 4) is 16.9 Å². The van der Waals surface area contributed by atoms with Crippen LogP contribution in [-0.2, 0) is 0 Å². The number of ether oxygens (including phenoxy) is 1. The van der Waals surface area contributed by atoms with Crippen LogP contribution in [-0.4, -0.2) is 30.8 Å². The topological polar surface area (TPSA) is 58.6 Å². The highest BCUT2D eigenvalue weighted by atomic mass is 16.5. The lowest BCUT2D eigenvalue weighted by Crippen LogP contribution is -2.30. The van der Waals surface area contributed by atoms with Crippen molar-refractivity contribution in [3.05, 3.63) is 54.1 Å². The van der Waals surface area contributed by atoms with Crippen LogP contribution in [0, 0.1) is 0 Å². The van der Waals surface area contributed by atoms with E-state index in [1.807, 2.05) is 36.4 Å². The molecular weight excluding hydrogens is 266 g/mol. The Bertz CT molecular complexity index is 606. The minimum absolute atomic E-state index is 0.192. The summed E-state index contributed by atoms with van der Waals surface area (Å²) in [6, 6.07) is 15.0. The lowest BCUT2D eigenvalue weighted by Gasteiger charge is -2.10. The van der Waals surface area contributed by atoms with E-state index in [0.29, 0.717) is 5.56 Å². The molecule has 0 saturated heterocycles. The maximum atomic E-state index is 11.9. The first-order valence-corrected chi connectivity index (χ1v) is 6.81. The highest BCUT2D eigenvalue weighted by Crippen LogP contribution is 2.29. The third-order valence-electron chi connectivity index (χ3n) is 3.12. The predicted molar refractivity (Wildman–Crippen MR) is 82.4 cm³/mol. The first-order chi connectivity index (χ1) is 10.1. The van der Waals surface area contributed by atoms with E-state index in [2.05, 4.69) is 5.32 Å². The molecule has 0 radical (unpaired) electrons. The molecule has 0 aromatic heterocycles. The van der Waals surface area contributed by atoms with Gasteiger partial charge in [-0.25, -0.2) is 0 Å². The van der Waals surface area contributed by atoms with Gasteiger partial charge in [0.2, 0.25) is 0 Å². The zero-order chi connectivity index (χ0) is 15.2. The van der Waals surface area contributed by atoms with Crippen molar-refractivity contribution in [1.29, 1.82) is 0 Å². The quantitative estimate of drug-likeness (QED) is 0.887. The molecule has 4 nitrogen and oxygen atoms in total. The molecule has 2 aromatic rings. The largest absolute Gasteiger partial charge is 0.496 e. The number of carbonyl (C=O) groups excluding carboxylic acids is 1. The second kappa shape index (κ2) is 6.90. The van der Waals surface area contributed by atoms with Gasteiger partial charge in [-0.1, -0.05) is 30.3 Å². The van der Waals surface area contributed by atoms with E-state index in [4.69, 9.17) is 4.74 Å². The van der Waals surface area contributed by atoms with E-state index >= 15 is 0 Å². The van der Waals surface area contributed by atoms with Gasteiger partial charge in [-0.15, -0.1) is 0 Å². The summed E-state index contributed by atoms with van der Waals surface area (Å²) in [4.78, 5) is 11.9. The lowest BCUT2D eigenvalue weighted by atomic mass is 10.0. The molecule has 0 fully saturated rings.